The zero-order valence-corrected chi connectivity index (χ0v) is 13.4. The normalized spacial score (nSPS) is 11.4. The fourth-order valence-electron chi connectivity index (χ4n) is 2.02. The van der Waals surface area contributed by atoms with Crippen molar-refractivity contribution in [2.24, 2.45) is 0 Å². The summed E-state index contributed by atoms with van der Waals surface area (Å²) in [6.07, 6.45) is -3.10. The quantitative estimate of drug-likeness (QED) is 0.757. The zero-order chi connectivity index (χ0) is 18.6. The van der Waals surface area contributed by atoms with E-state index in [1.54, 1.807) is 0 Å². The van der Waals surface area contributed by atoms with E-state index in [0.29, 0.717) is 6.42 Å². The summed E-state index contributed by atoms with van der Waals surface area (Å²) in [5, 5.41) is 14.9. The van der Waals surface area contributed by atoms with Crippen LogP contribution in [0.1, 0.15) is 18.4 Å². The van der Waals surface area contributed by atoms with E-state index in [4.69, 9.17) is 16.7 Å². The van der Waals surface area contributed by atoms with E-state index in [-0.39, 0.29) is 29.4 Å². The molecule has 0 aliphatic carbocycles. The van der Waals surface area contributed by atoms with Crippen LogP contribution in [0.5, 0.6) is 0 Å². The molecule has 0 spiro atoms. The second-order valence-corrected chi connectivity index (χ2v) is 5.44. The average Bonchev–Trinajstić information content (AvgIpc) is 2.54. The molecule has 134 valence electrons. The highest BCUT2D eigenvalue weighted by molar-refractivity contribution is 6.32. The summed E-state index contributed by atoms with van der Waals surface area (Å²) in [5.41, 5.74) is -1.59. The highest BCUT2D eigenvalue weighted by Crippen LogP contribution is 2.30. The number of halogens is 4. The number of carboxylic acid groups (broad SMARTS) is 1. The summed E-state index contributed by atoms with van der Waals surface area (Å²) in [6, 6.07) is 4.15. The van der Waals surface area contributed by atoms with E-state index >= 15 is 0 Å². The van der Waals surface area contributed by atoms with Crippen LogP contribution in [0.2, 0.25) is 5.02 Å². The summed E-state index contributed by atoms with van der Waals surface area (Å²) in [6.45, 7) is 0.251. The number of carbonyl (C=O) groups is 1. The van der Waals surface area contributed by atoms with Crippen LogP contribution < -0.4 is 10.9 Å². The largest absolute Gasteiger partial charge is 0.481 e. The third-order valence-corrected chi connectivity index (χ3v) is 3.59. The summed E-state index contributed by atoms with van der Waals surface area (Å²) in [7, 11) is 0. The van der Waals surface area contributed by atoms with Gasteiger partial charge in [0.15, 0.2) is 0 Å². The number of rotatable bonds is 6. The number of carboxylic acids is 1. The fraction of sp³-hybridized carbons (Fsp3) is 0.267. The van der Waals surface area contributed by atoms with Gasteiger partial charge in [0.2, 0.25) is 0 Å². The third-order valence-electron chi connectivity index (χ3n) is 3.22. The van der Waals surface area contributed by atoms with Crippen LogP contribution in [0.15, 0.2) is 35.3 Å². The van der Waals surface area contributed by atoms with Gasteiger partial charge in [-0.15, -0.1) is 0 Å². The first-order valence-corrected chi connectivity index (χ1v) is 7.49. The Bertz CT molecular complexity index is 837. The Morgan fingerprint density at radius 2 is 2.08 bits per heavy atom. The Morgan fingerprint density at radius 3 is 2.72 bits per heavy atom. The van der Waals surface area contributed by atoms with Crippen LogP contribution in [-0.2, 0) is 11.0 Å². The lowest BCUT2D eigenvalue weighted by Gasteiger charge is -2.12. The van der Waals surface area contributed by atoms with Crippen molar-refractivity contribution in [2.75, 3.05) is 11.9 Å². The minimum atomic E-state index is -4.55. The van der Waals surface area contributed by atoms with Crippen LogP contribution in [0.3, 0.4) is 0 Å². The molecular weight excluding hydrogens is 363 g/mol. The molecule has 1 aromatic heterocycles. The van der Waals surface area contributed by atoms with Gasteiger partial charge in [-0.25, -0.2) is 0 Å². The fourth-order valence-corrected chi connectivity index (χ4v) is 2.21. The molecule has 0 bridgehead atoms. The van der Waals surface area contributed by atoms with Crippen molar-refractivity contribution < 1.29 is 23.1 Å². The molecule has 6 nitrogen and oxygen atoms in total. The standard InChI is InChI=1S/C15H13ClF3N3O3/c16-13-11(20-6-2-5-12(23)24)8-21-22(14(13)25)10-4-1-3-9(7-10)15(17,18)19/h1,3-4,7-8,20H,2,5-6H2,(H,23,24). The van der Waals surface area contributed by atoms with Crippen molar-refractivity contribution in [3.05, 3.63) is 51.4 Å². The molecule has 0 saturated heterocycles. The van der Waals surface area contributed by atoms with Crippen LogP contribution in [-0.4, -0.2) is 27.4 Å². The van der Waals surface area contributed by atoms with Crippen molar-refractivity contribution in [3.63, 3.8) is 0 Å². The molecule has 0 aliphatic rings. The molecule has 0 amide bonds. The Labute approximate surface area is 144 Å². The molecule has 2 N–H and O–H groups in total. The van der Waals surface area contributed by atoms with Gasteiger partial charge in [-0.3, -0.25) is 9.59 Å². The number of nitrogens with one attached hydrogen (secondary N) is 1. The maximum atomic E-state index is 12.8. The zero-order valence-electron chi connectivity index (χ0n) is 12.7. The maximum absolute atomic E-state index is 12.8. The second-order valence-electron chi connectivity index (χ2n) is 5.06. The van der Waals surface area contributed by atoms with E-state index in [0.717, 1.165) is 22.9 Å². The minimum Gasteiger partial charge on any atom is -0.481 e. The molecule has 0 radical (unpaired) electrons. The predicted molar refractivity (Wildman–Crippen MR) is 85.2 cm³/mol. The van der Waals surface area contributed by atoms with Gasteiger partial charge in [0.1, 0.15) is 5.02 Å². The molecule has 0 unspecified atom stereocenters. The Kier molecular flexibility index (Phi) is 5.68. The first-order valence-electron chi connectivity index (χ1n) is 7.11. The van der Waals surface area contributed by atoms with Crippen molar-refractivity contribution in [3.8, 4) is 5.69 Å². The molecule has 25 heavy (non-hydrogen) atoms. The van der Waals surface area contributed by atoms with Crippen molar-refractivity contribution in [1.29, 1.82) is 0 Å². The summed E-state index contributed by atoms with van der Waals surface area (Å²) in [4.78, 5) is 22.7. The van der Waals surface area contributed by atoms with Gasteiger partial charge in [0.25, 0.3) is 5.56 Å². The number of hydrogen-bond acceptors (Lipinski definition) is 4. The molecule has 1 heterocycles. The Hall–Kier alpha value is -2.55. The lowest BCUT2D eigenvalue weighted by atomic mass is 10.2. The topological polar surface area (TPSA) is 84.2 Å². The van der Waals surface area contributed by atoms with Crippen molar-refractivity contribution >= 4 is 23.3 Å². The molecule has 0 aliphatic heterocycles. The molecule has 2 rings (SSSR count). The molecular formula is C15H13ClF3N3O3. The third kappa shape index (κ3) is 4.72. The first kappa shape index (κ1) is 18.8. The van der Waals surface area contributed by atoms with Gasteiger partial charge in [-0.2, -0.15) is 23.0 Å². The number of benzene rings is 1. The number of aromatic nitrogens is 2. The smallest absolute Gasteiger partial charge is 0.416 e. The number of anilines is 1. The Morgan fingerprint density at radius 1 is 1.36 bits per heavy atom. The van der Waals surface area contributed by atoms with Gasteiger partial charge in [0, 0.05) is 13.0 Å². The second kappa shape index (κ2) is 7.56. The molecule has 2 aromatic rings. The number of nitrogens with zero attached hydrogens (tertiary/aromatic N) is 2. The van der Waals surface area contributed by atoms with Gasteiger partial charge in [0.05, 0.1) is 23.1 Å². The Balaban J connectivity index is 2.26. The summed E-state index contributed by atoms with van der Waals surface area (Å²) < 4.78 is 39.1. The van der Waals surface area contributed by atoms with Crippen LogP contribution in [0.25, 0.3) is 5.69 Å². The number of hydrogen-bond donors (Lipinski definition) is 2. The minimum absolute atomic E-state index is 0.0562. The van der Waals surface area contributed by atoms with Gasteiger partial charge in [-0.05, 0) is 24.6 Å². The molecule has 0 saturated carbocycles. The van der Waals surface area contributed by atoms with E-state index in [2.05, 4.69) is 10.4 Å². The molecule has 10 heteroatoms. The molecule has 0 atom stereocenters. The van der Waals surface area contributed by atoms with Crippen molar-refractivity contribution in [2.45, 2.75) is 19.0 Å². The highest BCUT2D eigenvalue weighted by atomic mass is 35.5. The SMILES string of the molecule is O=C(O)CCCNc1cnn(-c2cccc(C(F)(F)F)c2)c(=O)c1Cl. The lowest BCUT2D eigenvalue weighted by Crippen LogP contribution is -2.23. The molecule has 0 fully saturated rings. The van der Waals surface area contributed by atoms with Gasteiger partial charge in [-0.1, -0.05) is 17.7 Å². The van der Waals surface area contributed by atoms with Crippen LogP contribution in [0, 0.1) is 0 Å². The van der Waals surface area contributed by atoms with Crippen LogP contribution >= 0.6 is 11.6 Å². The first-order chi connectivity index (χ1) is 11.7. The van der Waals surface area contributed by atoms with E-state index in [9.17, 15) is 22.8 Å². The molecule has 1 aromatic carbocycles. The average molecular weight is 376 g/mol. The predicted octanol–water partition coefficient (Wildman–Crippen LogP) is 3.18. The number of aliphatic carboxylic acids is 1. The monoisotopic (exact) mass is 375 g/mol. The van der Waals surface area contributed by atoms with Crippen LogP contribution in [0.4, 0.5) is 18.9 Å². The highest BCUT2D eigenvalue weighted by Gasteiger charge is 2.30. The summed E-state index contributed by atoms with van der Waals surface area (Å²) in [5.74, 6) is -0.953. The maximum Gasteiger partial charge on any atom is 0.416 e. The number of alkyl halides is 3. The summed E-state index contributed by atoms with van der Waals surface area (Å²) >= 11 is 5.95. The van der Waals surface area contributed by atoms with E-state index in [1.165, 1.54) is 12.3 Å². The van der Waals surface area contributed by atoms with E-state index in [1.807, 2.05) is 0 Å². The van der Waals surface area contributed by atoms with Gasteiger partial charge >= 0.3 is 12.1 Å². The van der Waals surface area contributed by atoms with E-state index < -0.39 is 23.3 Å². The van der Waals surface area contributed by atoms with Crippen molar-refractivity contribution in [1.82, 2.24) is 9.78 Å². The van der Waals surface area contributed by atoms with Gasteiger partial charge < -0.3 is 10.4 Å². The lowest BCUT2D eigenvalue weighted by molar-refractivity contribution is -0.138.